The molecule has 25 heavy (non-hydrogen) atoms. The number of para-hydroxylation sites is 1. The first-order valence-electron chi connectivity index (χ1n) is 7.76. The van der Waals surface area contributed by atoms with Crippen molar-refractivity contribution < 1.29 is 9.47 Å². The summed E-state index contributed by atoms with van der Waals surface area (Å²) in [5, 5.41) is 7.49. The van der Waals surface area contributed by atoms with E-state index >= 15 is 0 Å². The number of nitrogens with zero attached hydrogens (tertiary/aromatic N) is 1. The van der Waals surface area contributed by atoms with Crippen LogP contribution in [-0.4, -0.2) is 25.0 Å². The molecule has 130 valence electrons. The van der Waals surface area contributed by atoms with E-state index < -0.39 is 0 Å². The van der Waals surface area contributed by atoms with Crippen LogP contribution in [0.5, 0.6) is 11.5 Å². The lowest BCUT2D eigenvalue weighted by molar-refractivity contribution is 0.284. The summed E-state index contributed by atoms with van der Waals surface area (Å²) in [4.78, 5) is 0. The first-order chi connectivity index (χ1) is 12.2. The Morgan fingerprint density at radius 1 is 1.20 bits per heavy atom. The number of hydrazone groups is 1. The van der Waals surface area contributed by atoms with Gasteiger partial charge < -0.3 is 14.8 Å². The number of ether oxygens (including phenoxy) is 2. The fraction of sp³-hybridized carbons (Fsp3) is 0.158. The predicted octanol–water partition coefficient (Wildman–Crippen LogP) is 3.26. The van der Waals surface area contributed by atoms with Crippen LogP contribution in [0.2, 0.25) is 0 Å². The molecule has 0 bridgehead atoms. The third-order valence-electron chi connectivity index (χ3n) is 3.23. The van der Waals surface area contributed by atoms with Crippen LogP contribution < -0.4 is 20.2 Å². The van der Waals surface area contributed by atoms with Crippen LogP contribution in [0, 0.1) is 0 Å². The van der Waals surface area contributed by atoms with Crippen molar-refractivity contribution in [2.45, 2.75) is 6.61 Å². The lowest BCUT2D eigenvalue weighted by Gasteiger charge is -2.13. The minimum absolute atomic E-state index is 0.422. The van der Waals surface area contributed by atoms with Crippen LogP contribution in [-0.2, 0) is 6.61 Å². The minimum atomic E-state index is 0.422. The number of benzene rings is 2. The fourth-order valence-corrected chi connectivity index (χ4v) is 2.18. The summed E-state index contributed by atoms with van der Waals surface area (Å²) in [5.41, 5.74) is 4.61. The van der Waals surface area contributed by atoms with E-state index in [9.17, 15) is 0 Å². The van der Waals surface area contributed by atoms with Crippen LogP contribution in [0.4, 0.5) is 0 Å². The molecule has 0 aliphatic carbocycles. The molecule has 0 atom stereocenters. The minimum Gasteiger partial charge on any atom is -0.493 e. The molecular weight excluding hydrogens is 334 g/mol. The van der Waals surface area contributed by atoms with E-state index in [-0.39, 0.29) is 0 Å². The second-order valence-corrected chi connectivity index (χ2v) is 5.43. The zero-order chi connectivity index (χ0) is 17.9. The average molecular weight is 355 g/mol. The van der Waals surface area contributed by atoms with Crippen molar-refractivity contribution >= 4 is 23.5 Å². The maximum absolute atomic E-state index is 5.96. The van der Waals surface area contributed by atoms with Gasteiger partial charge in [0, 0.05) is 12.1 Å². The third kappa shape index (κ3) is 5.93. The molecule has 0 fully saturated rings. The molecule has 0 unspecified atom stereocenters. The Bertz CT molecular complexity index is 733. The zero-order valence-electron chi connectivity index (χ0n) is 14.1. The first-order valence-corrected chi connectivity index (χ1v) is 8.17. The van der Waals surface area contributed by atoms with Crippen LogP contribution in [0.15, 0.2) is 66.3 Å². The van der Waals surface area contributed by atoms with E-state index in [4.69, 9.17) is 21.7 Å². The standard InChI is InChI=1S/C19H21N3O2S/c1-3-12-20-19(25)22-21-13-16-10-7-11-17(23-2)18(16)24-14-15-8-5-4-6-9-15/h3-11,13H,1,12,14H2,2H3,(H2,20,22,25). The van der Waals surface area contributed by atoms with Crippen LogP contribution in [0.1, 0.15) is 11.1 Å². The van der Waals surface area contributed by atoms with Gasteiger partial charge in [-0.05, 0) is 29.9 Å². The smallest absolute Gasteiger partial charge is 0.187 e. The van der Waals surface area contributed by atoms with Crippen LogP contribution in [0.25, 0.3) is 0 Å². The lowest BCUT2D eigenvalue weighted by Crippen LogP contribution is -2.31. The Hall–Kier alpha value is -2.86. The predicted molar refractivity (Wildman–Crippen MR) is 105 cm³/mol. The highest BCUT2D eigenvalue weighted by Crippen LogP contribution is 2.30. The van der Waals surface area contributed by atoms with Gasteiger partial charge in [-0.15, -0.1) is 6.58 Å². The molecule has 0 saturated carbocycles. The van der Waals surface area contributed by atoms with Crippen LogP contribution in [0.3, 0.4) is 0 Å². The van der Waals surface area contributed by atoms with Gasteiger partial charge in [-0.2, -0.15) is 5.10 Å². The van der Waals surface area contributed by atoms with Crippen molar-refractivity contribution in [1.29, 1.82) is 0 Å². The Kier molecular flexibility index (Phi) is 7.46. The highest BCUT2D eigenvalue weighted by atomic mass is 32.1. The molecule has 2 aromatic carbocycles. The van der Waals surface area contributed by atoms with Gasteiger partial charge in [0.2, 0.25) is 0 Å². The number of nitrogens with one attached hydrogen (secondary N) is 2. The SMILES string of the molecule is C=CCNC(=S)NN=Cc1cccc(OC)c1OCc1ccccc1. The fourth-order valence-electron chi connectivity index (χ4n) is 2.04. The van der Waals surface area contributed by atoms with E-state index in [1.807, 2.05) is 48.5 Å². The monoisotopic (exact) mass is 355 g/mol. The van der Waals surface area contributed by atoms with Gasteiger partial charge in [-0.25, -0.2) is 0 Å². The molecule has 2 rings (SSSR count). The second kappa shape index (κ2) is 10.1. The molecule has 0 aliphatic heterocycles. The van der Waals surface area contributed by atoms with Crippen molar-refractivity contribution in [2.75, 3.05) is 13.7 Å². The quantitative estimate of drug-likeness (QED) is 0.329. The van der Waals surface area contributed by atoms with E-state index in [2.05, 4.69) is 22.4 Å². The molecule has 0 amide bonds. The van der Waals surface area contributed by atoms with E-state index in [0.717, 1.165) is 11.1 Å². The van der Waals surface area contributed by atoms with Crippen molar-refractivity contribution in [3.05, 3.63) is 72.3 Å². The second-order valence-electron chi connectivity index (χ2n) is 5.02. The van der Waals surface area contributed by atoms with Gasteiger partial charge in [-0.3, -0.25) is 5.43 Å². The molecule has 2 aromatic rings. The number of hydrogen-bond acceptors (Lipinski definition) is 4. The molecule has 0 radical (unpaired) electrons. The average Bonchev–Trinajstić information content (AvgIpc) is 2.65. The first kappa shape index (κ1) is 18.5. The molecule has 0 heterocycles. The number of methoxy groups -OCH3 is 1. The lowest BCUT2D eigenvalue weighted by atomic mass is 10.2. The summed E-state index contributed by atoms with van der Waals surface area (Å²) in [6.07, 6.45) is 3.36. The molecular formula is C19H21N3O2S. The number of rotatable bonds is 8. The summed E-state index contributed by atoms with van der Waals surface area (Å²) in [5.74, 6) is 1.27. The Morgan fingerprint density at radius 2 is 2.00 bits per heavy atom. The van der Waals surface area contributed by atoms with Crippen LogP contribution >= 0.6 is 12.2 Å². The molecule has 0 aromatic heterocycles. The van der Waals surface area contributed by atoms with Gasteiger partial charge in [0.25, 0.3) is 0 Å². The summed E-state index contributed by atoms with van der Waals surface area (Å²) >= 11 is 5.09. The highest BCUT2D eigenvalue weighted by Gasteiger charge is 2.09. The molecule has 0 aliphatic rings. The molecule has 5 nitrogen and oxygen atoms in total. The van der Waals surface area contributed by atoms with Gasteiger partial charge in [0.05, 0.1) is 13.3 Å². The summed E-state index contributed by atoms with van der Waals surface area (Å²) in [7, 11) is 1.61. The van der Waals surface area contributed by atoms with E-state index in [1.165, 1.54) is 0 Å². The maximum Gasteiger partial charge on any atom is 0.187 e. The molecule has 0 saturated heterocycles. The van der Waals surface area contributed by atoms with E-state index in [1.54, 1.807) is 19.4 Å². The Labute approximate surface area is 153 Å². The van der Waals surface area contributed by atoms with Crippen molar-refractivity contribution in [3.8, 4) is 11.5 Å². The van der Waals surface area contributed by atoms with Crippen molar-refractivity contribution in [2.24, 2.45) is 5.10 Å². The molecule has 6 heteroatoms. The van der Waals surface area contributed by atoms with Gasteiger partial charge in [-0.1, -0.05) is 42.5 Å². The normalized spacial score (nSPS) is 10.3. The Morgan fingerprint density at radius 3 is 2.72 bits per heavy atom. The van der Waals surface area contributed by atoms with E-state index in [0.29, 0.717) is 29.8 Å². The number of thiocarbonyl (C=S) groups is 1. The molecule has 2 N–H and O–H groups in total. The Balaban J connectivity index is 2.09. The summed E-state index contributed by atoms with van der Waals surface area (Å²) in [6, 6.07) is 15.6. The zero-order valence-corrected chi connectivity index (χ0v) is 14.9. The summed E-state index contributed by atoms with van der Waals surface area (Å²) in [6.45, 7) is 4.63. The highest BCUT2D eigenvalue weighted by molar-refractivity contribution is 7.80. The van der Waals surface area contributed by atoms with Gasteiger partial charge in [0.15, 0.2) is 16.6 Å². The number of hydrogen-bond donors (Lipinski definition) is 2. The van der Waals surface area contributed by atoms with Crippen molar-refractivity contribution in [1.82, 2.24) is 10.7 Å². The van der Waals surface area contributed by atoms with Gasteiger partial charge >= 0.3 is 0 Å². The van der Waals surface area contributed by atoms with Crippen molar-refractivity contribution in [3.63, 3.8) is 0 Å². The largest absolute Gasteiger partial charge is 0.493 e. The summed E-state index contributed by atoms with van der Waals surface area (Å²) < 4.78 is 11.4. The maximum atomic E-state index is 5.96. The molecule has 0 spiro atoms. The third-order valence-corrected chi connectivity index (χ3v) is 3.47. The van der Waals surface area contributed by atoms with Gasteiger partial charge in [0.1, 0.15) is 6.61 Å². The topological polar surface area (TPSA) is 54.9 Å².